The summed E-state index contributed by atoms with van der Waals surface area (Å²) in [6.45, 7) is 5.36. The Hall–Kier alpha value is -2.87. The maximum Gasteiger partial charge on any atom is 0.261 e. The van der Waals surface area contributed by atoms with Gasteiger partial charge in [-0.15, -0.1) is 10.2 Å². The highest BCUT2D eigenvalue weighted by atomic mass is 32.1. The smallest absolute Gasteiger partial charge is 0.261 e. The summed E-state index contributed by atoms with van der Waals surface area (Å²) < 4.78 is 0. The molecule has 1 aliphatic rings. The summed E-state index contributed by atoms with van der Waals surface area (Å²) in [6, 6.07) is 6.75. The molecular weight excluding hydrogens is 328 g/mol. The minimum atomic E-state index is -0.321. The van der Waals surface area contributed by atoms with E-state index in [0.29, 0.717) is 33.3 Å². The number of imide groups is 1. The first kappa shape index (κ1) is 16.0. The fourth-order valence-electron chi connectivity index (χ4n) is 2.26. The van der Waals surface area contributed by atoms with E-state index >= 15 is 0 Å². The van der Waals surface area contributed by atoms with Crippen LogP contribution in [0.3, 0.4) is 0 Å². The molecule has 24 heavy (non-hydrogen) atoms. The normalized spacial score (nSPS) is 13.1. The van der Waals surface area contributed by atoms with Crippen molar-refractivity contribution < 1.29 is 14.4 Å². The van der Waals surface area contributed by atoms with Gasteiger partial charge in [0, 0.05) is 18.5 Å². The number of nitrogens with one attached hydrogen (secondary N) is 1. The first-order valence-electron chi connectivity index (χ1n) is 7.22. The number of anilines is 1. The molecule has 0 radical (unpaired) electrons. The molecule has 1 aromatic carbocycles. The zero-order chi connectivity index (χ0) is 17.3. The lowest BCUT2D eigenvalue weighted by Gasteiger charge is -2.12. The second-order valence-electron chi connectivity index (χ2n) is 5.29. The maximum absolute atomic E-state index is 12.3. The predicted octanol–water partition coefficient (Wildman–Crippen LogP) is 1.89. The molecule has 0 saturated carbocycles. The van der Waals surface area contributed by atoms with Crippen LogP contribution in [-0.4, -0.2) is 39.4 Å². The van der Waals surface area contributed by atoms with Crippen LogP contribution in [0.2, 0.25) is 0 Å². The Morgan fingerprint density at radius 1 is 1.21 bits per heavy atom. The van der Waals surface area contributed by atoms with Crippen LogP contribution in [0.25, 0.3) is 0 Å². The molecule has 3 amide bonds. The molecule has 0 unspecified atom stereocenters. The number of amides is 3. The lowest BCUT2D eigenvalue weighted by Crippen LogP contribution is -2.31. The number of carbonyl (C=O) groups is 3. The van der Waals surface area contributed by atoms with E-state index in [4.69, 9.17) is 0 Å². The fraction of sp³-hybridized carbons (Fsp3) is 0.188. The first-order valence-corrected chi connectivity index (χ1v) is 8.03. The quantitative estimate of drug-likeness (QED) is 0.662. The summed E-state index contributed by atoms with van der Waals surface area (Å²) in [7, 11) is 0. The SMILES string of the molecule is C=C(C)C(=O)Nc1nnc(CCN2C(=O)c3ccccc3C2=O)s1. The Kier molecular flexibility index (Phi) is 4.22. The van der Waals surface area contributed by atoms with Crippen LogP contribution in [0.15, 0.2) is 36.4 Å². The van der Waals surface area contributed by atoms with Crippen molar-refractivity contribution in [3.63, 3.8) is 0 Å². The van der Waals surface area contributed by atoms with E-state index in [1.807, 2.05) is 0 Å². The van der Waals surface area contributed by atoms with Crippen molar-refractivity contribution in [3.8, 4) is 0 Å². The summed E-state index contributed by atoms with van der Waals surface area (Å²) >= 11 is 1.20. The number of hydrogen-bond donors (Lipinski definition) is 1. The molecule has 1 aliphatic heterocycles. The van der Waals surface area contributed by atoms with Gasteiger partial charge in [0.25, 0.3) is 17.7 Å². The summed E-state index contributed by atoms with van der Waals surface area (Å²) in [5, 5.41) is 11.4. The van der Waals surface area contributed by atoms with Crippen molar-refractivity contribution in [2.45, 2.75) is 13.3 Å². The van der Waals surface area contributed by atoms with Gasteiger partial charge >= 0.3 is 0 Å². The minimum Gasteiger partial charge on any atom is -0.297 e. The Morgan fingerprint density at radius 2 is 1.83 bits per heavy atom. The van der Waals surface area contributed by atoms with Crippen LogP contribution in [0.1, 0.15) is 32.6 Å². The molecule has 0 spiro atoms. The highest BCUT2D eigenvalue weighted by Gasteiger charge is 2.34. The number of hydrogen-bond acceptors (Lipinski definition) is 6. The molecule has 0 aliphatic carbocycles. The second kappa shape index (κ2) is 6.32. The third kappa shape index (κ3) is 2.95. The number of fused-ring (bicyclic) bond motifs is 1. The third-order valence-corrected chi connectivity index (χ3v) is 4.40. The molecule has 8 heteroatoms. The minimum absolute atomic E-state index is 0.218. The molecule has 7 nitrogen and oxygen atoms in total. The number of rotatable bonds is 5. The molecular formula is C16H14N4O3S. The van der Waals surface area contributed by atoms with E-state index in [1.165, 1.54) is 16.2 Å². The van der Waals surface area contributed by atoms with Gasteiger partial charge in [0.1, 0.15) is 5.01 Å². The van der Waals surface area contributed by atoms with E-state index < -0.39 is 0 Å². The summed E-state index contributed by atoms with van der Waals surface area (Å²) in [5.74, 6) is -0.912. The van der Waals surface area contributed by atoms with Gasteiger partial charge in [-0.2, -0.15) is 0 Å². The van der Waals surface area contributed by atoms with Crippen molar-refractivity contribution >= 4 is 34.2 Å². The Balaban J connectivity index is 1.64. The highest BCUT2D eigenvalue weighted by molar-refractivity contribution is 7.15. The van der Waals surface area contributed by atoms with Crippen LogP contribution in [-0.2, 0) is 11.2 Å². The summed E-state index contributed by atoms with van der Waals surface area (Å²) in [4.78, 5) is 37.3. The van der Waals surface area contributed by atoms with Gasteiger partial charge in [0.2, 0.25) is 5.13 Å². The molecule has 1 aromatic heterocycles. The zero-order valence-corrected chi connectivity index (χ0v) is 13.7. The number of benzene rings is 1. The van der Waals surface area contributed by atoms with Crippen LogP contribution in [0.4, 0.5) is 5.13 Å². The first-order chi connectivity index (χ1) is 11.5. The molecule has 122 valence electrons. The van der Waals surface area contributed by atoms with Crippen molar-refractivity contribution in [3.05, 3.63) is 52.6 Å². The average Bonchev–Trinajstić information content (AvgIpc) is 3.10. The molecule has 3 rings (SSSR count). The highest BCUT2D eigenvalue weighted by Crippen LogP contribution is 2.23. The second-order valence-corrected chi connectivity index (χ2v) is 6.36. The van der Waals surface area contributed by atoms with Crippen LogP contribution >= 0.6 is 11.3 Å². The molecule has 0 saturated heterocycles. The standard InChI is InChI=1S/C16H14N4O3S/c1-9(2)13(21)17-16-19-18-12(24-16)7-8-20-14(22)10-5-3-4-6-11(10)15(20)23/h3-6H,1,7-8H2,2H3,(H,17,19,21). The molecule has 2 aromatic rings. The van der Waals surface area contributed by atoms with Gasteiger partial charge in [0.05, 0.1) is 11.1 Å². The van der Waals surface area contributed by atoms with E-state index in [2.05, 4.69) is 22.1 Å². The van der Waals surface area contributed by atoms with Crippen molar-refractivity contribution in [1.29, 1.82) is 0 Å². The molecule has 1 N–H and O–H groups in total. The molecule has 0 bridgehead atoms. The number of carbonyl (C=O) groups excluding carboxylic acids is 3. The number of aromatic nitrogens is 2. The lowest BCUT2D eigenvalue weighted by atomic mass is 10.1. The van der Waals surface area contributed by atoms with E-state index in [0.717, 1.165) is 0 Å². The van der Waals surface area contributed by atoms with Crippen LogP contribution in [0.5, 0.6) is 0 Å². The van der Waals surface area contributed by atoms with E-state index in [-0.39, 0.29) is 24.3 Å². The van der Waals surface area contributed by atoms with Crippen molar-refractivity contribution in [2.75, 3.05) is 11.9 Å². The maximum atomic E-state index is 12.3. The number of nitrogens with zero attached hydrogens (tertiary/aromatic N) is 3. The van der Waals surface area contributed by atoms with Gasteiger partial charge in [-0.1, -0.05) is 30.0 Å². The van der Waals surface area contributed by atoms with Gasteiger partial charge in [-0.25, -0.2) is 0 Å². The van der Waals surface area contributed by atoms with Gasteiger partial charge in [-0.3, -0.25) is 24.6 Å². The van der Waals surface area contributed by atoms with Crippen molar-refractivity contribution in [1.82, 2.24) is 15.1 Å². The van der Waals surface area contributed by atoms with Crippen LogP contribution < -0.4 is 5.32 Å². The Labute approximate surface area is 142 Å². The lowest BCUT2D eigenvalue weighted by molar-refractivity contribution is -0.112. The van der Waals surface area contributed by atoms with E-state index in [9.17, 15) is 14.4 Å². The van der Waals surface area contributed by atoms with E-state index in [1.54, 1.807) is 31.2 Å². The molecule has 0 atom stereocenters. The Bertz CT molecular complexity index is 824. The largest absolute Gasteiger partial charge is 0.297 e. The molecule has 0 fully saturated rings. The average molecular weight is 342 g/mol. The molecule has 2 heterocycles. The van der Waals surface area contributed by atoms with Crippen molar-refractivity contribution in [2.24, 2.45) is 0 Å². The predicted molar refractivity (Wildman–Crippen MR) is 88.9 cm³/mol. The van der Waals surface area contributed by atoms with Gasteiger partial charge < -0.3 is 0 Å². The van der Waals surface area contributed by atoms with Crippen LogP contribution in [0, 0.1) is 0 Å². The monoisotopic (exact) mass is 342 g/mol. The Morgan fingerprint density at radius 3 is 2.42 bits per heavy atom. The fourth-order valence-corrected chi connectivity index (χ4v) is 2.98. The summed E-state index contributed by atoms with van der Waals surface area (Å²) in [6.07, 6.45) is 0.381. The third-order valence-electron chi connectivity index (χ3n) is 3.50. The zero-order valence-electron chi connectivity index (χ0n) is 12.9. The van der Waals surface area contributed by atoms with Gasteiger partial charge in [0.15, 0.2) is 0 Å². The van der Waals surface area contributed by atoms with Gasteiger partial charge in [-0.05, 0) is 19.1 Å². The topological polar surface area (TPSA) is 92.3 Å². The summed E-state index contributed by atoms with van der Waals surface area (Å²) in [5.41, 5.74) is 1.22.